The Morgan fingerprint density at radius 1 is 0.886 bits per heavy atom. The molecule has 1 aliphatic rings. The van der Waals surface area contributed by atoms with Crippen molar-refractivity contribution in [3.05, 3.63) is 59.7 Å². The van der Waals surface area contributed by atoms with Crippen LogP contribution in [0, 0.1) is 0 Å². The first-order valence-electron chi connectivity index (χ1n) is 11.6. The average molecular weight is 483 g/mol. The molecule has 0 saturated carbocycles. The minimum Gasteiger partial charge on any atom is -0.480 e. The first kappa shape index (κ1) is 26.2. The Labute approximate surface area is 206 Å². The lowest BCUT2D eigenvalue weighted by molar-refractivity contribution is -0.142. The van der Waals surface area contributed by atoms with E-state index in [1.807, 2.05) is 55.4 Å². The van der Waals surface area contributed by atoms with Crippen LogP contribution in [0.4, 0.5) is 4.79 Å². The van der Waals surface area contributed by atoms with Crippen molar-refractivity contribution in [2.75, 3.05) is 47.9 Å². The highest BCUT2D eigenvalue weighted by molar-refractivity contribution is 5.89. The van der Waals surface area contributed by atoms with Crippen LogP contribution in [0.3, 0.4) is 0 Å². The number of nitrogens with zero attached hydrogens (tertiary/aromatic N) is 2. The van der Waals surface area contributed by atoms with Gasteiger partial charge in [0, 0.05) is 12.5 Å². The zero-order chi connectivity index (χ0) is 25.5. The van der Waals surface area contributed by atoms with E-state index < -0.39 is 30.1 Å². The van der Waals surface area contributed by atoms with Gasteiger partial charge in [0.25, 0.3) is 0 Å². The fourth-order valence-corrected chi connectivity index (χ4v) is 4.26. The molecule has 3 N–H and O–H groups in total. The van der Waals surface area contributed by atoms with E-state index in [4.69, 9.17) is 4.74 Å². The van der Waals surface area contributed by atoms with Crippen molar-refractivity contribution in [1.29, 1.82) is 0 Å². The van der Waals surface area contributed by atoms with E-state index in [2.05, 4.69) is 22.8 Å². The normalized spacial score (nSPS) is 14.2. The number of hydrogen-bond acceptors (Lipinski definition) is 6. The molecule has 0 heterocycles. The topological polar surface area (TPSA) is 111 Å². The van der Waals surface area contributed by atoms with Crippen molar-refractivity contribution in [3.8, 4) is 11.1 Å². The van der Waals surface area contributed by atoms with Gasteiger partial charge >= 0.3 is 12.1 Å². The first-order valence-corrected chi connectivity index (χ1v) is 11.6. The maximum Gasteiger partial charge on any atom is 0.407 e. The van der Waals surface area contributed by atoms with Gasteiger partial charge in [-0.2, -0.15) is 0 Å². The summed E-state index contributed by atoms with van der Waals surface area (Å²) in [7, 11) is 7.16. The monoisotopic (exact) mass is 482 g/mol. The number of benzene rings is 2. The van der Waals surface area contributed by atoms with E-state index in [9.17, 15) is 19.5 Å². The molecule has 0 saturated heterocycles. The molecule has 2 atom stereocenters. The molecule has 2 unspecified atom stereocenters. The van der Waals surface area contributed by atoms with Crippen molar-refractivity contribution in [2.45, 2.75) is 24.4 Å². The number of hydrogen-bond donors (Lipinski definition) is 3. The van der Waals surface area contributed by atoms with Crippen molar-refractivity contribution >= 4 is 18.0 Å². The average Bonchev–Trinajstić information content (AvgIpc) is 3.13. The zero-order valence-electron chi connectivity index (χ0n) is 20.7. The Morgan fingerprint density at radius 2 is 1.46 bits per heavy atom. The number of aliphatic carboxylic acids is 1. The molecule has 3 rings (SSSR count). The number of fused-ring (bicyclic) bond motifs is 3. The van der Waals surface area contributed by atoms with Crippen molar-refractivity contribution < 1.29 is 24.2 Å². The molecule has 2 amide bonds. The lowest BCUT2D eigenvalue weighted by Crippen LogP contribution is -2.54. The summed E-state index contributed by atoms with van der Waals surface area (Å²) < 4.78 is 5.58. The van der Waals surface area contributed by atoms with Gasteiger partial charge in [-0.3, -0.25) is 4.79 Å². The summed E-state index contributed by atoms with van der Waals surface area (Å²) in [6.07, 6.45) is -0.414. The molecule has 35 heavy (non-hydrogen) atoms. The number of carbonyl (C=O) groups is 3. The number of carboxylic acid groups (broad SMARTS) is 1. The molecular formula is C26H34N4O5. The van der Waals surface area contributed by atoms with Crippen LogP contribution in [-0.4, -0.2) is 92.8 Å². The van der Waals surface area contributed by atoms with Gasteiger partial charge < -0.3 is 30.3 Å². The SMILES string of the molecule is CN(C)CCC(NC(=O)OCC1c2ccccc2-c2ccccc21)C(=O)NC(CN(C)C)C(=O)O. The van der Waals surface area contributed by atoms with Crippen molar-refractivity contribution in [1.82, 2.24) is 20.4 Å². The van der Waals surface area contributed by atoms with Crippen LogP contribution in [0.25, 0.3) is 11.1 Å². The van der Waals surface area contributed by atoms with Crippen LogP contribution in [-0.2, 0) is 14.3 Å². The standard InChI is InChI=1S/C26H34N4O5/c1-29(2)14-13-22(24(31)27-23(25(32)33)15-30(3)4)28-26(34)35-16-21-19-11-7-5-9-17(19)18-10-6-8-12-20(18)21/h5-12,21-23H,13-16H2,1-4H3,(H,27,31)(H,28,34)(H,32,33). The second-order valence-electron chi connectivity index (χ2n) is 9.28. The van der Waals surface area contributed by atoms with Gasteiger partial charge in [0.2, 0.25) is 5.91 Å². The molecule has 9 heteroatoms. The predicted octanol–water partition coefficient (Wildman–Crippen LogP) is 1.98. The first-order chi connectivity index (χ1) is 16.7. The highest BCUT2D eigenvalue weighted by Gasteiger charge is 2.31. The number of likely N-dealkylation sites (N-methyl/N-ethyl adjacent to an activating group) is 1. The second-order valence-corrected chi connectivity index (χ2v) is 9.28. The number of nitrogens with one attached hydrogen (secondary N) is 2. The molecule has 1 aliphatic carbocycles. The Morgan fingerprint density at radius 3 is 1.97 bits per heavy atom. The predicted molar refractivity (Wildman–Crippen MR) is 133 cm³/mol. The smallest absolute Gasteiger partial charge is 0.407 e. The number of carbonyl (C=O) groups excluding carboxylic acids is 2. The number of alkyl carbamates (subject to hydrolysis) is 1. The van der Waals surface area contributed by atoms with E-state index in [1.165, 1.54) is 0 Å². The van der Waals surface area contributed by atoms with Crippen LogP contribution in [0.5, 0.6) is 0 Å². The van der Waals surface area contributed by atoms with Gasteiger partial charge in [-0.25, -0.2) is 9.59 Å². The molecule has 0 radical (unpaired) electrons. The Balaban J connectivity index is 1.67. The minimum atomic E-state index is -1.14. The Hall–Kier alpha value is -3.43. The van der Waals surface area contributed by atoms with Gasteiger partial charge in [-0.05, 0) is 63.4 Å². The third-order valence-electron chi connectivity index (χ3n) is 5.98. The van der Waals surface area contributed by atoms with Crippen LogP contribution < -0.4 is 10.6 Å². The lowest BCUT2D eigenvalue weighted by atomic mass is 9.98. The second kappa shape index (κ2) is 11.8. The molecule has 2 aromatic carbocycles. The maximum absolute atomic E-state index is 12.9. The summed E-state index contributed by atoms with van der Waals surface area (Å²) in [6, 6.07) is 14.1. The Kier molecular flexibility index (Phi) is 8.84. The summed E-state index contributed by atoms with van der Waals surface area (Å²) in [4.78, 5) is 40.7. The molecule has 2 aromatic rings. The molecule has 0 bridgehead atoms. The van der Waals surface area contributed by atoms with Gasteiger partial charge in [-0.15, -0.1) is 0 Å². The molecular weight excluding hydrogens is 448 g/mol. The largest absolute Gasteiger partial charge is 0.480 e. The quantitative estimate of drug-likeness (QED) is 0.449. The highest BCUT2D eigenvalue weighted by Crippen LogP contribution is 2.44. The fourth-order valence-electron chi connectivity index (χ4n) is 4.26. The van der Waals surface area contributed by atoms with Crippen LogP contribution in [0.1, 0.15) is 23.5 Å². The summed E-state index contributed by atoms with van der Waals surface area (Å²) in [5.74, 6) is -1.80. The molecule has 188 valence electrons. The molecule has 0 fully saturated rings. The van der Waals surface area contributed by atoms with Gasteiger partial charge in [0.15, 0.2) is 0 Å². The van der Waals surface area contributed by atoms with Crippen molar-refractivity contribution in [3.63, 3.8) is 0 Å². The van der Waals surface area contributed by atoms with E-state index >= 15 is 0 Å². The van der Waals surface area contributed by atoms with Crippen LogP contribution in [0.2, 0.25) is 0 Å². The van der Waals surface area contributed by atoms with Gasteiger partial charge in [0.1, 0.15) is 18.7 Å². The van der Waals surface area contributed by atoms with E-state index in [0.29, 0.717) is 13.0 Å². The third-order valence-corrected chi connectivity index (χ3v) is 5.98. The van der Waals surface area contributed by atoms with Crippen LogP contribution in [0.15, 0.2) is 48.5 Å². The van der Waals surface area contributed by atoms with Crippen molar-refractivity contribution in [2.24, 2.45) is 0 Å². The lowest BCUT2D eigenvalue weighted by Gasteiger charge is -2.24. The summed E-state index contributed by atoms with van der Waals surface area (Å²) in [5, 5.41) is 14.6. The highest BCUT2D eigenvalue weighted by atomic mass is 16.5. The number of rotatable bonds is 11. The van der Waals surface area contributed by atoms with E-state index in [0.717, 1.165) is 22.3 Å². The number of carboxylic acids is 1. The third kappa shape index (κ3) is 6.80. The van der Waals surface area contributed by atoms with Gasteiger partial charge in [0.05, 0.1) is 0 Å². The summed E-state index contributed by atoms with van der Waals surface area (Å²) >= 11 is 0. The molecule has 0 aromatic heterocycles. The number of amides is 2. The van der Waals surface area contributed by atoms with E-state index in [-0.39, 0.29) is 19.1 Å². The fraction of sp³-hybridized carbons (Fsp3) is 0.423. The van der Waals surface area contributed by atoms with Crippen LogP contribution >= 0.6 is 0 Å². The zero-order valence-corrected chi connectivity index (χ0v) is 20.7. The summed E-state index contributed by atoms with van der Waals surface area (Å²) in [6.45, 7) is 0.778. The Bertz CT molecular complexity index is 1010. The molecule has 9 nitrogen and oxygen atoms in total. The molecule has 0 spiro atoms. The van der Waals surface area contributed by atoms with E-state index in [1.54, 1.807) is 19.0 Å². The number of ether oxygens (including phenoxy) is 1. The van der Waals surface area contributed by atoms with Gasteiger partial charge in [-0.1, -0.05) is 48.5 Å². The maximum atomic E-state index is 12.9. The minimum absolute atomic E-state index is 0.0984. The summed E-state index contributed by atoms with van der Waals surface area (Å²) in [5.41, 5.74) is 4.44. The molecule has 0 aliphatic heterocycles.